The van der Waals surface area contributed by atoms with Crippen LogP contribution >= 0.6 is 11.6 Å². The van der Waals surface area contributed by atoms with Gasteiger partial charge in [0.25, 0.3) is 0 Å². The van der Waals surface area contributed by atoms with Crippen molar-refractivity contribution < 1.29 is 0 Å². The zero-order valence-corrected chi connectivity index (χ0v) is 26.9. The molecule has 47 heavy (non-hydrogen) atoms. The van der Waals surface area contributed by atoms with Gasteiger partial charge in [-0.3, -0.25) is 4.57 Å². The molecule has 0 aliphatic rings. The molecule has 222 valence electrons. The van der Waals surface area contributed by atoms with Crippen LogP contribution in [-0.2, 0) is 0 Å². The Labute approximate surface area is 278 Å². The summed E-state index contributed by atoms with van der Waals surface area (Å²) in [6.45, 7) is 0. The van der Waals surface area contributed by atoms with Crippen LogP contribution in [0.2, 0.25) is 5.28 Å². The van der Waals surface area contributed by atoms with Gasteiger partial charge in [-0.05, 0) is 56.6 Å². The zero-order chi connectivity index (χ0) is 31.8. The third-order valence-corrected chi connectivity index (χ3v) is 13.7. The molecule has 0 fully saturated rings. The second-order valence-electron chi connectivity index (χ2n) is 11.4. The summed E-state index contributed by atoms with van der Waals surface area (Å²) >= 11 is 6.67. The molecule has 6 aromatic carbocycles. The average Bonchev–Trinajstić information content (AvgIpc) is 3.47. The van der Waals surface area contributed by atoms with Crippen molar-refractivity contribution in [3.05, 3.63) is 169 Å². The van der Waals surface area contributed by atoms with Crippen LogP contribution in [0.15, 0.2) is 158 Å². The molecule has 2 aromatic heterocycles. The van der Waals surface area contributed by atoms with Gasteiger partial charge in [-0.25, -0.2) is 0 Å². The number of hydrogen-bond donors (Lipinski definition) is 0. The molecule has 5 nitrogen and oxygen atoms in total. The quantitative estimate of drug-likeness (QED) is 0.153. The summed E-state index contributed by atoms with van der Waals surface area (Å²) in [5.41, 5.74) is 3.24. The van der Waals surface area contributed by atoms with Crippen molar-refractivity contribution in [3.63, 3.8) is 0 Å². The first kappa shape index (κ1) is 28.6. The predicted octanol–water partition coefficient (Wildman–Crippen LogP) is 6.54. The molecular weight excluding hydrogens is 614 g/mol. The molecule has 0 aliphatic heterocycles. The molecule has 0 radical (unpaired) electrons. The minimum Gasteiger partial charge on any atom is -0.278 e. The summed E-state index contributed by atoms with van der Waals surface area (Å²) < 4.78 is 1.99. The SMILES string of the molecule is N#Cc1ccc2c(c1)c1ccccc1n2-c1nc(Cl)nc(-c2cccc([Si](c3ccccc3)(c3ccccc3)c3ccccc3)c2)n1. The van der Waals surface area contributed by atoms with Crippen LogP contribution in [0, 0.1) is 11.3 Å². The van der Waals surface area contributed by atoms with E-state index in [1.165, 1.54) is 20.7 Å². The Hall–Kier alpha value is -5.87. The lowest BCUT2D eigenvalue weighted by Crippen LogP contribution is -2.74. The Morgan fingerprint density at radius 3 is 1.74 bits per heavy atom. The van der Waals surface area contributed by atoms with Crippen molar-refractivity contribution in [2.24, 2.45) is 0 Å². The fourth-order valence-electron chi connectivity index (χ4n) is 6.78. The van der Waals surface area contributed by atoms with Crippen molar-refractivity contribution in [3.8, 4) is 23.4 Å². The van der Waals surface area contributed by atoms with Gasteiger partial charge in [0.05, 0.1) is 22.7 Å². The number of rotatable bonds is 6. The fraction of sp³-hybridized carbons (Fsp3) is 0. The monoisotopic (exact) mass is 639 g/mol. The van der Waals surface area contributed by atoms with Gasteiger partial charge in [0.15, 0.2) is 13.9 Å². The van der Waals surface area contributed by atoms with Gasteiger partial charge in [0.2, 0.25) is 11.2 Å². The first-order chi connectivity index (χ1) is 23.2. The van der Waals surface area contributed by atoms with Gasteiger partial charge in [-0.15, -0.1) is 0 Å². The van der Waals surface area contributed by atoms with E-state index in [1.54, 1.807) is 0 Å². The molecule has 0 aliphatic carbocycles. The Balaban J connectivity index is 1.36. The molecule has 8 aromatic rings. The summed E-state index contributed by atoms with van der Waals surface area (Å²) in [4.78, 5) is 14.3. The molecule has 2 heterocycles. The minimum absolute atomic E-state index is 0.104. The van der Waals surface area contributed by atoms with E-state index in [1.807, 2.05) is 53.1 Å². The number of fused-ring (bicyclic) bond motifs is 3. The van der Waals surface area contributed by atoms with Crippen LogP contribution in [0.4, 0.5) is 0 Å². The van der Waals surface area contributed by atoms with Crippen LogP contribution in [0.3, 0.4) is 0 Å². The Bertz CT molecular complexity index is 2340. The Morgan fingerprint density at radius 2 is 1.11 bits per heavy atom. The van der Waals surface area contributed by atoms with Crippen molar-refractivity contribution >= 4 is 62.2 Å². The second kappa shape index (κ2) is 11.8. The number of aromatic nitrogens is 4. The van der Waals surface area contributed by atoms with Crippen molar-refractivity contribution in [1.82, 2.24) is 19.5 Å². The molecule has 0 spiro atoms. The molecule has 0 saturated carbocycles. The van der Waals surface area contributed by atoms with E-state index in [9.17, 15) is 5.26 Å². The maximum atomic E-state index is 9.59. The van der Waals surface area contributed by atoms with Gasteiger partial charge in [-0.1, -0.05) is 133 Å². The summed E-state index contributed by atoms with van der Waals surface area (Å²) in [7, 11) is -2.76. The van der Waals surface area contributed by atoms with Gasteiger partial charge in [-0.2, -0.15) is 20.2 Å². The van der Waals surface area contributed by atoms with Crippen molar-refractivity contribution in [2.75, 3.05) is 0 Å². The molecular formula is C40H26ClN5Si. The molecule has 0 saturated heterocycles. The lowest BCUT2D eigenvalue weighted by atomic mass is 10.1. The van der Waals surface area contributed by atoms with Crippen molar-refractivity contribution in [1.29, 1.82) is 5.26 Å². The van der Waals surface area contributed by atoms with Gasteiger partial charge < -0.3 is 0 Å². The van der Waals surface area contributed by atoms with E-state index in [-0.39, 0.29) is 5.28 Å². The molecule has 8 rings (SSSR count). The smallest absolute Gasteiger partial charge is 0.239 e. The second-order valence-corrected chi connectivity index (χ2v) is 15.5. The topological polar surface area (TPSA) is 67.4 Å². The third kappa shape index (κ3) is 4.81. The highest BCUT2D eigenvalue weighted by Crippen LogP contribution is 2.32. The number of nitriles is 1. The number of nitrogens with zero attached hydrogens (tertiary/aromatic N) is 5. The molecule has 0 amide bonds. The number of para-hydroxylation sites is 1. The molecule has 0 N–H and O–H groups in total. The normalized spacial score (nSPS) is 11.5. The van der Waals surface area contributed by atoms with Gasteiger partial charge in [0.1, 0.15) is 0 Å². The third-order valence-electron chi connectivity index (χ3n) is 8.77. The molecule has 0 bridgehead atoms. The number of halogens is 1. The van der Waals surface area contributed by atoms with E-state index < -0.39 is 8.07 Å². The fourth-order valence-corrected chi connectivity index (χ4v) is 11.7. The largest absolute Gasteiger partial charge is 0.278 e. The molecule has 7 heteroatoms. The Morgan fingerprint density at radius 1 is 0.532 bits per heavy atom. The van der Waals surface area contributed by atoms with E-state index in [0.717, 1.165) is 27.4 Å². The Kier molecular flexibility index (Phi) is 7.18. The van der Waals surface area contributed by atoms with E-state index in [0.29, 0.717) is 17.3 Å². The van der Waals surface area contributed by atoms with Crippen LogP contribution in [0.25, 0.3) is 39.1 Å². The highest BCUT2D eigenvalue weighted by molar-refractivity contribution is 7.19. The predicted molar refractivity (Wildman–Crippen MR) is 193 cm³/mol. The average molecular weight is 640 g/mol. The van der Waals surface area contributed by atoms with Crippen LogP contribution in [-0.4, -0.2) is 27.6 Å². The number of benzene rings is 6. The molecule has 0 unspecified atom stereocenters. The van der Waals surface area contributed by atoms with Crippen LogP contribution in [0.1, 0.15) is 5.56 Å². The van der Waals surface area contributed by atoms with Crippen LogP contribution < -0.4 is 20.7 Å². The van der Waals surface area contributed by atoms with Gasteiger partial charge >= 0.3 is 0 Å². The van der Waals surface area contributed by atoms with Crippen molar-refractivity contribution in [2.45, 2.75) is 0 Å². The lowest BCUT2D eigenvalue weighted by Gasteiger charge is -2.34. The minimum atomic E-state index is -2.76. The highest BCUT2D eigenvalue weighted by atomic mass is 35.5. The van der Waals surface area contributed by atoms with E-state index >= 15 is 0 Å². The number of hydrogen-bond acceptors (Lipinski definition) is 4. The molecule has 0 atom stereocenters. The van der Waals surface area contributed by atoms with Gasteiger partial charge in [0, 0.05) is 16.3 Å². The van der Waals surface area contributed by atoms with E-state index in [2.05, 4.69) is 125 Å². The summed E-state index contributed by atoms with van der Waals surface area (Å²) in [6, 6.07) is 56.9. The summed E-state index contributed by atoms with van der Waals surface area (Å²) in [6.07, 6.45) is 0. The summed E-state index contributed by atoms with van der Waals surface area (Å²) in [5, 5.41) is 16.7. The highest BCUT2D eigenvalue weighted by Gasteiger charge is 2.41. The van der Waals surface area contributed by atoms with E-state index in [4.69, 9.17) is 16.6 Å². The maximum absolute atomic E-state index is 9.59. The summed E-state index contributed by atoms with van der Waals surface area (Å²) in [5.74, 6) is 0.900. The maximum Gasteiger partial charge on any atom is 0.239 e. The van der Waals surface area contributed by atoms with Crippen LogP contribution in [0.5, 0.6) is 0 Å². The standard InChI is InChI=1S/C40H26ClN5Si/c41-39-43-38(44-40(45-39)46-36-22-11-10-21-34(36)35-25-28(27-42)23-24-37(35)46)29-13-12-20-33(26-29)47(30-14-4-1-5-15-30,31-16-6-2-7-17-31)32-18-8-3-9-19-32/h1-26H. The first-order valence-corrected chi connectivity index (χ1v) is 17.7. The lowest BCUT2D eigenvalue weighted by molar-refractivity contribution is 0.947. The zero-order valence-electron chi connectivity index (χ0n) is 25.1. The first-order valence-electron chi connectivity index (χ1n) is 15.3.